The van der Waals surface area contributed by atoms with Gasteiger partial charge in [0.1, 0.15) is 5.69 Å². The van der Waals surface area contributed by atoms with Crippen molar-refractivity contribution in [1.29, 1.82) is 0 Å². The quantitative estimate of drug-likeness (QED) is 0.892. The molecule has 96 valence electrons. The fraction of sp³-hybridized carbons (Fsp3) is 0.400. The lowest BCUT2D eigenvalue weighted by Crippen LogP contribution is -2.09. The van der Waals surface area contributed by atoms with Crippen LogP contribution in [0.3, 0.4) is 0 Å². The number of aromatic nitrogens is 1. The summed E-state index contributed by atoms with van der Waals surface area (Å²) in [7, 11) is 0. The number of nitrogens with zero attached hydrogens (tertiary/aromatic N) is 1. The Kier molecular flexibility index (Phi) is 3.41. The molecule has 0 radical (unpaired) electrons. The normalized spacial score (nSPS) is 11.3. The average molecular weight is 245 g/mol. The Morgan fingerprint density at radius 3 is 2.67 bits per heavy atom. The molecule has 0 spiro atoms. The van der Waals surface area contributed by atoms with Crippen molar-refractivity contribution in [2.75, 3.05) is 0 Å². The summed E-state index contributed by atoms with van der Waals surface area (Å²) in [6, 6.07) is 7.82. The molecule has 3 nitrogen and oxygen atoms in total. The Labute approximate surface area is 107 Å². The van der Waals surface area contributed by atoms with Crippen LogP contribution in [0.5, 0.6) is 0 Å². The van der Waals surface area contributed by atoms with Crippen molar-refractivity contribution in [3.8, 4) is 0 Å². The molecule has 0 unspecified atom stereocenters. The van der Waals surface area contributed by atoms with Gasteiger partial charge in [0, 0.05) is 17.4 Å². The Morgan fingerprint density at radius 1 is 1.33 bits per heavy atom. The molecular weight excluding hydrogens is 226 g/mol. The van der Waals surface area contributed by atoms with E-state index in [4.69, 9.17) is 0 Å². The SMILES string of the molecule is Cc1ccc2cc(C(=O)O)n(CCC(C)C)c2c1. The van der Waals surface area contributed by atoms with Gasteiger partial charge in [0.15, 0.2) is 0 Å². The zero-order chi connectivity index (χ0) is 13.3. The van der Waals surface area contributed by atoms with Crippen LogP contribution < -0.4 is 0 Å². The van der Waals surface area contributed by atoms with Crippen LogP contribution in [0.2, 0.25) is 0 Å². The Morgan fingerprint density at radius 2 is 2.06 bits per heavy atom. The number of carbonyl (C=O) groups is 1. The van der Waals surface area contributed by atoms with E-state index in [0.717, 1.165) is 29.4 Å². The molecule has 0 saturated carbocycles. The van der Waals surface area contributed by atoms with E-state index in [1.807, 2.05) is 23.6 Å². The number of benzene rings is 1. The summed E-state index contributed by atoms with van der Waals surface area (Å²) < 4.78 is 1.92. The number of rotatable bonds is 4. The van der Waals surface area contributed by atoms with Crippen LogP contribution in [0.15, 0.2) is 24.3 Å². The molecule has 1 aromatic carbocycles. The first-order valence-corrected chi connectivity index (χ1v) is 6.32. The Hall–Kier alpha value is -1.77. The highest BCUT2D eigenvalue weighted by Crippen LogP contribution is 2.22. The second-order valence-electron chi connectivity index (χ2n) is 5.23. The minimum Gasteiger partial charge on any atom is -0.477 e. The minimum atomic E-state index is -0.854. The molecule has 18 heavy (non-hydrogen) atoms. The van der Waals surface area contributed by atoms with E-state index in [9.17, 15) is 9.90 Å². The van der Waals surface area contributed by atoms with Gasteiger partial charge in [-0.3, -0.25) is 0 Å². The van der Waals surface area contributed by atoms with Gasteiger partial charge in [0.05, 0.1) is 0 Å². The van der Waals surface area contributed by atoms with Crippen LogP contribution in [-0.4, -0.2) is 15.6 Å². The summed E-state index contributed by atoms with van der Waals surface area (Å²) in [5.41, 5.74) is 2.56. The van der Waals surface area contributed by atoms with Gasteiger partial charge < -0.3 is 9.67 Å². The van der Waals surface area contributed by atoms with E-state index < -0.39 is 5.97 Å². The molecule has 2 aromatic rings. The van der Waals surface area contributed by atoms with Gasteiger partial charge in [-0.1, -0.05) is 26.0 Å². The van der Waals surface area contributed by atoms with Crippen molar-refractivity contribution in [1.82, 2.24) is 4.57 Å². The summed E-state index contributed by atoms with van der Waals surface area (Å²) in [4.78, 5) is 11.3. The lowest BCUT2D eigenvalue weighted by molar-refractivity contribution is 0.0685. The highest BCUT2D eigenvalue weighted by Gasteiger charge is 2.14. The summed E-state index contributed by atoms with van der Waals surface area (Å²) in [5.74, 6) is -0.290. The van der Waals surface area contributed by atoms with E-state index in [2.05, 4.69) is 19.9 Å². The molecule has 2 rings (SSSR count). The maximum Gasteiger partial charge on any atom is 0.352 e. The Bertz CT molecular complexity index is 581. The fourth-order valence-corrected chi connectivity index (χ4v) is 2.17. The molecule has 0 aliphatic rings. The first kappa shape index (κ1) is 12.7. The van der Waals surface area contributed by atoms with Crippen molar-refractivity contribution in [2.24, 2.45) is 5.92 Å². The zero-order valence-corrected chi connectivity index (χ0v) is 11.1. The lowest BCUT2D eigenvalue weighted by atomic mass is 10.1. The van der Waals surface area contributed by atoms with Crippen LogP contribution in [0.25, 0.3) is 10.9 Å². The number of aromatic carboxylic acids is 1. The summed E-state index contributed by atoms with van der Waals surface area (Å²) >= 11 is 0. The van der Waals surface area contributed by atoms with Gasteiger partial charge in [0.2, 0.25) is 0 Å². The highest BCUT2D eigenvalue weighted by molar-refractivity contribution is 5.94. The molecule has 1 N–H and O–H groups in total. The molecule has 1 aromatic heterocycles. The third kappa shape index (κ3) is 2.40. The highest BCUT2D eigenvalue weighted by atomic mass is 16.4. The molecule has 0 aliphatic heterocycles. The van der Waals surface area contributed by atoms with E-state index in [-0.39, 0.29) is 0 Å². The largest absolute Gasteiger partial charge is 0.477 e. The molecule has 0 aliphatic carbocycles. The van der Waals surface area contributed by atoms with Crippen LogP contribution in [-0.2, 0) is 6.54 Å². The maximum atomic E-state index is 11.3. The summed E-state index contributed by atoms with van der Waals surface area (Å²) in [6.07, 6.45) is 0.984. The minimum absolute atomic E-state index is 0.385. The standard InChI is InChI=1S/C15H19NO2/c1-10(2)6-7-16-13-8-11(3)4-5-12(13)9-14(16)15(17)18/h4-5,8-10H,6-7H2,1-3H3,(H,17,18). The molecule has 0 bridgehead atoms. The maximum absolute atomic E-state index is 11.3. The average Bonchev–Trinajstić information content (AvgIpc) is 2.64. The van der Waals surface area contributed by atoms with Gasteiger partial charge in [-0.25, -0.2) is 4.79 Å². The fourth-order valence-electron chi connectivity index (χ4n) is 2.17. The van der Waals surface area contributed by atoms with Crippen molar-refractivity contribution in [2.45, 2.75) is 33.7 Å². The molecule has 1 heterocycles. The van der Waals surface area contributed by atoms with Crippen molar-refractivity contribution in [3.63, 3.8) is 0 Å². The van der Waals surface area contributed by atoms with Gasteiger partial charge in [-0.2, -0.15) is 0 Å². The van der Waals surface area contributed by atoms with Crippen molar-refractivity contribution >= 4 is 16.9 Å². The second kappa shape index (κ2) is 4.84. The van der Waals surface area contributed by atoms with Crippen LogP contribution in [0.1, 0.15) is 36.3 Å². The molecular formula is C15H19NO2. The monoisotopic (exact) mass is 245 g/mol. The van der Waals surface area contributed by atoms with Gasteiger partial charge in [0.25, 0.3) is 0 Å². The van der Waals surface area contributed by atoms with Gasteiger partial charge >= 0.3 is 5.97 Å². The lowest BCUT2D eigenvalue weighted by Gasteiger charge is -2.10. The van der Waals surface area contributed by atoms with Crippen molar-refractivity contribution in [3.05, 3.63) is 35.5 Å². The molecule has 0 saturated heterocycles. The van der Waals surface area contributed by atoms with Gasteiger partial charge in [-0.15, -0.1) is 0 Å². The smallest absolute Gasteiger partial charge is 0.352 e. The van der Waals surface area contributed by atoms with E-state index in [1.165, 1.54) is 0 Å². The predicted octanol–water partition coefficient (Wildman–Crippen LogP) is 3.69. The van der Waals surface area contributed by atoms with Crippen LogP contribution in [0, 0.1) is 12.8 Å². The number of fused-ring (bicyclic) bond motifs is 1. The summed E-state index contributed by atoms with van der Waals surface area (Å²) in [6.45, 7) is 7.08. The second-order valence-corrected chi connectivity index (χ2v) is 5.23. The first-order chi connectivity index (χ1) is 8.49. The zero-order valence-electron chi connectivity index (χ0n) is 11.1. The van der Waals surface area contributed by atoms with Crippen LogP contribution >= 0.6 is 0 Å². The third-order valence-electron chi connectivity index (χ3n) is 3.21. The Balaban J connectivity index is 2.53. The number of hydrogen-bond donors (Lipinski definition) is 1. The molecule has 0 atom stereocenters. The molecule has 0 amide bonds. The van der Waals surface area contributed by atoms with E-state index in [1.54, 1.807) is 6.07 Å². The first-order valence-electron chi connectivity index (χ1n) is 6.32. The van der Waals surface area contributed by atoms with Gasteiger partial charge in [-0.05, 0) is 37.0 Å². The number of carboxylic acid groups (broad SMARTS) is 1. The van der Waals surface area contributed by atoms with E-state index >= 15 is 0 Å². The molecule has 3 heteroatoms. The van der Waals surface area contributed by atoms with Crippen LogP contribution in [0.4, 0.5) is 0 Å². The molecule has 0 fully saturated rings. The van der Waals surface area contributed by atoms with E-state index in [0.29, 0.717) is 11.6 Å². The number of hydrogen-bond acceptors (Lipinski definition) is 1. The summed E-state index contributed by atoms with van der Waals surface area (Å²) in [5, 5.41) is 10.3. The topological polar surface area (TPSA) is 42.2 Å². The van der Waals surface area contributed by atoms with Crippen molar-refractivity contribution < 1.29 is 9.90 Å². The number of carboxylic acids is 1. The predicted molar refractivity (Wildman–Crippen MR) is 73.1 cm³/mol. The third-order valence-corrected chi connectivity index (χ3v) is 3.21. The number of aryl methyl sites for hydroxylation is 2.